The molecule has 0 spiro atoms. The summed E-state index contributed by atoms with van der Waals surface area (Å²) in [6, 6.07) is 20.2. The fourth-order valence-corrected chi connectivity index (χ4v) is 4.49. The number of nitrogens with one attached hydrogen (secondary N) is 2. The van der Waals surface area contributed by atoms with Crippen molar-refractivity contribution in [2.45, 2.75) is 6.42 Å². The summed E-state index contributed by atoms with van der Waals surface area (Å²) in [6.07, 6.45) is 0.542. The van der Waals surface area contributed by atoms with E-state index in [1.54, 1.807) is 59.5 Å². The number of anilines is 3. The Hall–Kier alpha value is -3.88. The summed E-state index contributed by atoms with van der Waals surface area (Å²) in [5, 5.41) is 12.0. The lowest BCUT2D eigenvalue weighted by Gasteiger charge is -2.30. The topological polar surface area (TPSA) is 94.1 Å². The normalized spacial score (nSPS) is 16.9. The number of hydrogen-bond donors (Lipinski definition) is 2. The van der Waals surface area contributed by atoms with Crippen molar-refractivity contribution in [1.82, 2.24) is 4.90 Å². The molecule has 4 amide bonds. The van der Waals surface area contributed by atoms with Gasteiger partial charge in [0, 0.05) is 36.4 Å². The number of hydrazone groups is 1. The third kappa shape index (κ3) is 4.91. The van der Waals surface area contributed by atoms with Crippen LogP contribution < -0.4 is 15.6 Å². The molecule has 1 atom stereocenters. The Morgan fingerprint density at radius 3 is 2.31 bits per heavy atom. The number of piperidine rings is 1. The molecule has 3 aromatic carbocycles. The largest absolute Gasteiger partial charge is 0.337 e. The molecular weight excluding hydrogens is 501 g/mol. The number of carbonyl (C=O) groups is 3. The van der Waals surface area contributed by atoms with E-state index in [1.807, 2.05) is 18.2 Å². The molecule has 10 heteroatoms. The average Bonchev–Trinajstić information content (AvgIpc) is 3.22. The minimum absolute atomic E-state index is 0.0875. The summed E-state index contributed by atoms with van der Waals surface area (Å²) in [5.41, 5.74) is 3.00. The van der Waals surface area contributed by atoms with Crippen LogP contribution in [0.3, 0.4) is 0 Å². The van der Waals surface area contributed by atoms with Gasteiger partial charge in [0.1, 0.15) is 0 Å². The summed E-state index contributed by atoms with van der Waals surface area (Å²) in [6.45, 7) is 0.817. The van der Waals surface area contributed by atoms with Gasteiger partial charge in [-0.1, -0.05) is 41.4 Å². The monoisotopic (exact) mass is 521 g/mol. The van der Waals surface area contributed by atoms with E-state index in [0.717, 1.165) is 5.71 Å². The van der Waals surface area contributed by atoms with Crippen molar-refractivity contribution in [3.05, 3.63) is 88.4 Å². The van der Waals surface area contributed by atoms with Crippen molar-refractivity contribution < 1.29 is 14.4 Å². The number of amides is 4. The van der Waals surface area contributed by atoms with Crippen molar-refractivity contribution >= 4 is 63.8 Å². The molecule has 2 N–H and O–H groups in total. The molecule has 8 nitrogen and oxygen atoms in total. The van der Waals surface area contributed by atoms with Gasteiger partial charge in [0.15, 0.2) is 0 Å². The first kappa shape index (κ1) is 23.8. The molecule has 0 saturated carbocycles. The summed E-state index contributed by atoms with van der Waals surface area (Å²) in [7, 11) is 0. The lowest BCUT2D eigenvalue weighted by molar-refractivity contribution is -0.120. The van der Waals surface area contributed by atoms with Crippen LogP contribution in [0.25, 0.3) is 0 Å². The molecule has 182 valence electrons. The fourth-order valence-electron chi connectivity index (χ4n) is 4.19. The molecule has 0 aromatic heterocycles. The highest BCUT2D eigenvalue weighted by molar-refractivity contribution is 6.42. The number of nitrogens with zero attached hydrogens (tertiary/aromatic N) is 3. The number of urea groups is 1. The summed E-state index contributed by atoms with van der Waals surface area (Å²) in [5.74, 6) is -0.717. The molecular formula is C26H21Cl2N5O3. The Balaban J connectivity index is 1.21. The molecule has 3 aromatic rings. The van der Waals surface area contributed by atoms with E-state index in [0.29, 0.717) is 52.2 Å². The second-order valence-electron chi connectivity index (χ2n) is 8.42. The Kier molecular flexibility index (Phi) is 6.63. The van der Waals surface area contributed by atoms with Crippen molar-refractivity contribution in [1.29, 1.82) is 0 Å². The molecule has 0 bridgehead atoms. The van der Waals surface area contributed by atoms with E-state index in [9.17, 15) is 14.4 Å². The molecule has 0 aliphatic carbocycles. The Morgan fingerprint density at radius 1 is 0.889 bits per heavy atom. The Labute approximate surface area is 217 Å². The van der Waals surface area contributed by atoms with Crippen LogP contribution in [0.2, 0.25) is 10.0 Å². The summed E-state index contributed by atoms with van der Waals surface area (Å²) >= 11 is 11.9. The van der Waals surface area contributed by atoms with Gasteiger partial charge in [-0.25, -0.2) is 9.80 Å². The second kappa shape index (κ2) is 10.0. The van der Waals surface area contributed by atoms with E-state index in [-0.39, 0.29) is 11.8 Å². The van der Waals surface area contributed by atoms with Crippen LogP contribution in [0.4, 0.5) is 21.9 Å². The van der Waals surface area contributed by atoms with E-state index >= 15 is 0 Å². The molecule has 2 aliphatic rings. The van der Waals surface area contributed by atoms with Crippen LogP contribution in [0.1, 0.15) is 16.8 Å². The van der Waals surface area contributed by atoms with Gasteiger partial charge < -0.3 is 15.5 Å². The van der Waals surface area contributed by atoms with Crippen LogP contribution in [0.15, 0.2) is 77.9 Å². The standard InChI is InChI=1S/C26H21Cl2N5O3/c27-21-11-8-18(14-22(21)28)30-26(36)29-17-6-9-19(10-7-17)33-25(35)20-15-32(13-12-23(20)31-33)24(34)16-4-2-1-3-5-16/h1-11,14,20H,12-13,15H2,(H2,29,30,36). The van der Waals surface area contributed by atoms with Crippen LogP contribution in [0, 0.1) is 5.92 Å². The highest BCUT2D eigenvalue weighted by Crippen LogP contribution is 2.30. The molecule has 1 unspecified atom stereocenters. The average molecular weight is 522 g/mol. The molecule has 2 heterocycles. The van der Waals surface area contributed by atoms with Crippen molar-refractivity contribution in [3.63, 3.8) is 0 Å². The highest BCUT2D eigenvalue weighted by atomic mass is 35.5. The number of likely N-dealkylation sites (tertiary alicyclic amines) is 1. The van der Waals surface area contributed by atoms with Crippen molar-refractivity contribution in [3.8, 4) is 0 Å². The Bertz CT molecular complexity index is 1360. The van der Waals surface area contributed by atoms with Gasteiger partial charge in [-0.2, -0.15) is 5.10 Å². The van der Waals surface area contributed by atoms with Gasteiger partial charge in [-0.05, 0) is 54.6 Å². The van der Waals surface area contributed by atoms with Gasteiger partial charge >= 0.3 is 6.03 Å². The third-order valence-electron chi connectivity index (χ3n) is 6.03. The first-order chi connectivity index (χ1) is 17.4. The maximum Gasteiger partial charge on any atom is 0.323 e. The molecule has 1 fully saturated rings. The molecule has 1 saturated heterocycles. The minimum atomic E-state index is -0.457. The molecule has 36 heavy (non-hydrogen) atoms. The van der Waals surface area contributed by atoms with Gasteiger partial charge in [-0.3, -0.25) is 9.59 Å². The van der Waals surface area contributed by atoms with Crippen molar-refractivity contribution in [2.75, 3.05) is 28.7 Å². The predicted octanol–water partition coefficient (Wildman–Crippen LogP) is 5.50. The first-order valence-electron chi connectivity index (χ1n) is 11.3. The van der Waals surface area contributed by atoms with Gasteiger partial charge in [0.25, 0.3) is 11.8 Å². The van der Waals surface area contributed by atoms with Crippen molar-refractivity contribution in [2.24, 2.45) is 11.0 Å². The zero-order valence-electron chi connectivity index (χ0n) is 18.9. The summed E-state index contributed by atoms with van der Waals surface area (Å²) < 4.78 is 0. The quantitative estimate of drug-likeness (QED) is 0.474. The van der Waals surface area contributed by atoms with E-state index in [2.05, 4.69) is 15.7 Å². The minimum Gasteiger partial charge on any atom is -0.337 e. The fraction of sp³-hybridized carbons (Fsp3) is 0.154. The number of fused-ring (bicyclic) bond motifs is 1. The van der Waals surface area contributed by atoms with Crippen LogP contribution in [-0.2, 0) is 4.79 Å². The SMILES string of the molecule is O=C(Nc1ccc(N2N=C3CCN(C(=O)c4ccccc4)CC3C2=O)cc1)Nc1ccc(Cl)c(Cl)c1. The van der Waals surface area contributed by atoms with E-state index in [1.165, 1.54) is 5.01 Å². The number of benzene rings is 3. The van der Waals surface area contributed by atoms with Crippen LogP contribution in [-0.4, -0.2) is 41.5 Å². The lowest BCUT2D eigenvalue weighted by atomic mass is 9.95. The Morgan fingerprint density at radius 2 is 1.58 bits per heavy atom. The number of hydrogen-bond acceptors (Lipinski definition) is 4. The third-order valence-corrected chi connectivity index (χ3v) is 6.77. The van der Waals surface area contributed by atoms with E-state index in [4.69, 9.17) is 23.2 Å². The molecule has 2 aliphatic heterocycles. The lowest BCUT2D eigenvalue weighted by Crippen LogP contribution is -2.46. The predicted molar refractivity (Wildman–Crippen MR) is 141 cm³/mol. The van der Waals surface area contributed by atoms with Gasteiger partial charge in [0.05, 0.1) is 27.4 Å². The second-order valence-corrected chi connectivity index (χ2v) is 9.23. The number of rotatable bonds is 4. The maximum absolute atomic E-state index is 13.1. The van der Waals surface area contributed by atoms with E-state index < -0.39 is 11.9 Å². The molecule has 5 rings (SSSR count). The maximum atomic E-state index is 13.1. The summed E-state index contributed by atoms with van der Waals surface area (Å²) in [4.78, 5) is 40.0. The smallest absolute Gasteiger partial charge is 0.323 e. The number of halogens is 2. The van der Waals surface area contributed by atoms with Crippen LogP contribution >= 0.6 is 23.2 Å². The van der Waals surface area contributed by atoms with Gasteiger partial charge in [-0.15, -0.1) is 0 Å². The number of carbonyl (C=O) groups excluding carboxylic acids is 3. The van der Waals surface area contributed by atoms with Gasteiger partial charge in [0.2, 0.25) is 0 Å². The zero-order chi connectivity index (χ0) is 25.2. The van der Waals surface area contributed by atoms with Crippen LogP contribution in [0.5, 0.6) is 0 Å². The highest BCUT2D eigenvalue weighted by Gasteiger charge is 2.41. The molecule has 0 radical (unpaired) electrons. The zero-order valence-corrected chi connectivity index (χ0v) is 20.5. The first-order valence-corrected chi connectivity index (χ1v) is 12.0.